The number of rotatable bonds is 5. The summed E-state index contributed by atoms with van der Waals surface area (Å²) in [5, 5.41) is 2.86. The summed E-state index contributed by atoms with van der Waals surface area (Å²) in [6.45, 7) is 4.14. The zero-order valence-corrected chi connectivity index (χ0v) is 11.1. The van der Waals surface area contributed by atoms with Crippen LogP contribution in [0.5, 0.6) is 0 Å². The lowest BCUT2D eigenvalue weighted by atomic mass is 9.87. The zero-order chi connectivity index (χ0) is 12.1. The van der Waals surface area contributed by atoms with Gasteiger partial charge in [-0.25, -0.2) is 0 Å². The quantitative estimate of drug-likeness (QED) is 0.801. The highest BCUT2D eigenvalue weighted by atomic mass is 32.2. The molecule has 0 aromatic heterocycles. The highest BCUT2D eigenvalue weighted by molar-refractivity contribution is 7.98. The van der Waals surface area contributed by atoms with Crippen LogP contribution >= 0.6 is 11.8 Å². The summed E-state index contributed by atoms with van der Waals surface area (Å²) in [6, 6.07) is -0.238. The van der Waals surface area contributed by atoms with Gasteiger partial charge in [-0.3, -0.25) is 9.59 Å². The molecule has 1 amide bonds. The third-order valence-corrected chi connectivity index (χ3v) is 3.55. The van der Waals surface area contributed by atoms with Crippen LogP contribution in [0.2, 0.25) is 0 Å². The summed E-state index contributed by atoms with van der Waals surface area (Å²) in [4.78, 5) is 23.6. The summed E-state index contributed by atoms with van der Waals surface area (Å²) < 4.78 is 0. The lowest BCUT2D eigenvalue weighted by molar-refractivity contribution is -0.137. The average molecular weight is 243 g/mol. The number of ketones is 1. The molecule has 1 aliphatic heterocycles. The fourth-order valence-electron chi connectivity index (χ4n) is 2.00. The number of hydrogen-bond donors (Lipinski definition) is 1. The van der Waals surface area contributed by atoms with E-state index in [0.717, 1.165) is 18.6 Å². The largest absolute Gasteiger partial charge is 0.346 e. The third-order valence-electron chi connectivity index (χ3n) is 2.90. The van der Waals surface area contributed by atoms with Crippen LogP contribution in [0, 0.1) is 11.8 Å². The van der Waals surface area contributed by atoms with E-state index in [9.17, 15) is 9.59 Å². The molecule has 1 heterocycles. The first kappa shape index (κ1) is 13.6. The Balaban J connectivity index is 2.50. The van der Waals surface area contributed by atoms with Crippen molar-refractivity contribution in [3.63, 3.8) is 0 Å². The topological polar surface area (TPSA) is 46.2 Å². The summed E-state index contributed by atoms with van der Waals surface area (Å²) in [5.41, 5.74) is 0. The molecule has 16 heavy (non-hydrogen) atoms. The summed E-state index contributed by atoms with van der Waals surface area (Å²) in [6.07, 6.45) is 4.03. The minimum absolute atomic E-state index is 0.0688. The maximum atomic E-state index is 11.8. The predicted octanol–water partition coefficient (Wildman–Crippen LogP) is 1.86. The lowest BCUT2D eigenvalue weighted by Crippen LogP contribution is -2.50. The average Bonchev–Trinajstić information content (AvgIpc) is 2.20. The molecule has 0 aliphatic carbocycles. The Labute approximate surface area is 102 Å². The first-order valence-electron chi connectivity index (χ1n) is 5.86. The molecule has 1 N–H and O–H groups in total. The number of amides is 1. The molecule has 1 saturated heterocycles. The number of piperidine rings is 1. The molecule has 4 heteroatoms. The van der Waals surface area contributed by atoms with E-state index >= 15 is 0 Å². The van der Waals surface area contributed by atoms with E-state index in [4.69, 9.17) is 0 Å². The SMILES string of the molecule is CSCC[C@H]1CC(=O)[C@H](CC(C)C)NC1=O. The van der Waals surface area contributed by atoms with Gasteiger partial charge < -0.3 is 5.32 Å². The highest BCUT2D eigenvalue weighted by Crippen LogP contribution is 2.21. The molecule has 0 saturated carbocycles. The van der Waals surface area contributed by atoms with E-state index in [-0.39, 0.29) is 23.7 Å². The number of carbonyl (C=O) groups excluding carboxylic acids is 2. The first-order valence-corrected chi connectivity index (χ1v) is 7.26. The van der Waals surface area contributed by atoms with E-state index in [1.807, 2.05) is 6.26 Å². The van der Waals surface area contributed by atoms with Crippen LogP contribution in [0.3, 0.4) is 0 Å². The molecule has 0 unspecified atom stereocenters. The molecule has 0 aromatic carbocycles. The van der Waals surface area contributed by atoms with Crippen LogP contribution in [-0.4, -0.2) is 29.7 Å². The van der Waals surface area contributed by atoms with Crippen LogP contribution in [-0.2, 0) is 9.59 Å². The minimum Gasteiger partial charge on any atom is -0.346 e. The van der Waals surface area contributed by atoms with Crippen molar-refractivity contribution in [1.82, 2.24) is 5.32 Å². The van der Waals surface area contributed by atoms with Crippen LogP contribution in [0.25, 0.3) is 0 Å². The smallest absolute Gasteiger partial charge is 0.224 e. The van der Waals surface area contributed by atoms with Crippen molar-refractivity contribution in [1.29, 1.82) is 0 Å². The second kappa shape index (κ2) is 6.28. The van der Waals surface area contributed by atoms with Crippen molar-refractivity contribution in [3.05, 3.63) is 0 Å². The molecule has 3 nitrogen and oxygen atoms in total. The molecule has 1 aliphatic rings. The predicted molar refractivity (Wildman–Crippen MR) is 67.5 cm³/mol. The molecule has 0 spiro atoms. The normalized spacial score (nSPS) is 26.0. The fourth-order valence-corrected chi connectivity index (χ4v) is 2.52. The maximum Gasteiger partial charge on any atom is 0.224 e. The Morgan fingerprint density at radius 1 is 1.44 bits per heavy atom. The summed E-state index contributed by atoms with van der Waals surface area (Å²) in [7, 11) is 0. The van der Waals surface area contributed by atoms with Gasteiger partial charge in [-0.05, 0) is 30.8 Å². The second-order valence-corrected chi connectivity index (χ2v) is 5.83. The van der Waals surface area contributed by atoms with Crippen LogP contribution in [0.1, 0.15) is 33.1 Å². The Bertz CT molecular complexity index is 266. The van der Waals surface area contributed by atoms with Gasteiger partial charge in [-0.2, -0.15) is 11.8 Å². The monoisotopic (exact) mass is 243 g/mol. The van der Waals surface area contributed by atoms with Crippen molar-refractivity contribution in [2.24, 2.45) is 11.8 Å². The molecule has 0 radical (unpaired) electrons. The summed E-state index contributed by atoms with van der Waals surface area (Å²) in [5.74, 6) is 1.57. The number of carbonyl (C=O) groups is 2. The van der Waals surface area contributed by atoms with Crippen LogP contribution in [0.4, 0.5) is 0 Å². The Morgan fingerprint density at radius 3 is 2.69 bits per heavy atom. The minimum atomic E-state index is -0.238. The number of hydrogen-bond acceptors (Lipinski definition) is 3. The molecule has 2 atom stereocenters. The van der Waals surface area contributed by atoms with E-state index < -0.39 is 0 Å². The van der Waals surface area contributed by atoms with Crippen molar-refractivity contribution in [2.75, 3.05) is 12.0 Å². The third kappa shape index (κ3) is 3.81. The van der Waals surface area contributed by atoms with E-state index in [0.29, 0.717) is 12.3 Å². The molecule has 92 valence electrons. The van der Waals surface area contributed by atoms with Gasteiger partial charge in [0.05, 0.1) is 6.04 Å². The molecule has 0 bridgehead atoms. The zero-order valence-electron chi connectivity index (χ0n) is 10.3. The van der Waals surface area contributed by atoms with Gasteiger partial charge in [0, 0.05) is 12.3 Å². The lowest BCUT2D eigenvalue weighted by Gasteiger charge is -2.28. The van der Waals surface area contributed by atoms with Crippen molar-refractivity contribution in [3.8, 4) is 0 Å². The molecular weight excluding hydrogens is 222 g/mol. The molecule has 0 aromatic rings. The van der Waals surface area contributed by atoms with Crippen LogP contribution in [0.15, 0.2) is 0 Å². The van der Waals surface area contributed by atoms with Gasteiger partial charge in [0.2, 0.25) is 5.91 Å². The molecule has 1 rings (SSSR count). The molecular formula is C12H21NO2S. The summed E-state index contributed by atoms with van der Waals surface area (Å²) >= 11 is 1.72. The van der Waals surface area contributed by atoms with Gasteiger partial charge in [0.25, 0.3) is 0 Å². The Hall–Kier alpha value is -0.510. The maximum absolute atomic E-state index is 11.8. The van der Waals surface area contributed by atoms with E-state index in [2.05, 4.69) is 19.2 Å². The van der Waals surface area contributed by atoms with E-state index in [1.165, 1.54) is 0 Å². The van der Waals surface area contributed by atoms with Crippen molar-refractivity contribution < 1.29 is 9.59 Å². The van der Waals surface area contributed by atoms with Crippen LogP contribution < -0.4 is 5.32 Å². The fraction of sp³-hybridized carbons (Fsp3) is 0.833. The van der Waals surface area contributed by atoms with Gasteiger partial charge in [0.1, 0.15) is 0 Å². The second-order valence-electron chi connectivity index (χ2n) is 4.84. The first-order chi connectivity index (χ1) is 7.54. The number of thioether (sulfide) groups is 1. The Morgan fingerprint density at radius 2 is 2.12 bits per heavy atom. The van der Waals surface area contributed by atoms with Crippen molar-refractivity contribution in [2.45, 2.75) is 39.2 Å². The van der Waals surface area contributed by atoms with Gasteiger partial charge >= 0.3 is 0 Å². The standard InChI is InChI=1S/C12H21NO2S/c1-8(2)6-10-11(14)7-9(4-5-16-3)12(15)13-10/h8-10H,4-7H2,1-3H3,(H,13,15)/t9-,10-/m0/s1. The highest BCUT2D eigenvalue weighted by Gasteiger charge is 2.33. The Kier molecular flexibility index (Phi) is 5.32. The van der Waals surface area contributed by atoms with Gasteiger partial charge in [0.15, 0.2) is 5.78 Å². The number of Topliss-reactive ketones (excluding diaryl/α,β-unsaturated/α-hetero) is 1. The van der Waals surface area contributed by atoms with Gasteiger partial charge in [-0.1, -0.05) is 13.8 Å². The van der Waals surface area contributed by atoms with Crippen molar-refractivity contribution >= 4 is 23.5 Å². The number of nitrogens with one attached hydrogen (secondary N) is 1. The molecule has 1 fully saturated rings. The van der Waals surface area contributed by atoms with E-state index in [1.54, 1.807) is 11.8 Å². The van der Waals surface area contributed by atoms with Gasteiger partial charge in [-0.15, -0.1) is 0 Å².